The van der Waals surface area contributed by atoms with Crippen LogP contribution in [-0.4, -0.2) is 24.7 Å². The molecule has 0 unspecified atom stereocenters. The van der Waals surface area contributed by atoms with Crippen molar-refractivity contribution in [2.24, 2.45) is 0 Å². The highest BCUT2D eigenvalue weighted by Gasteiger charge is 2.30. The highest BCUT2D eigenvalue weighted by atomic mass is 35.5. The van der Waals surface area contributed by atoms with Gasteiger partial charge in [0.2, 0.25) is 0 Å². The average Bonchev–Trinajstić information content (AvgIpc) is 3.28. The second-order valence-electron chi connectivity index (χ2n) is 8.08. The summed E-state index contributed by atoms with van der Waals surface area (Å²) >= 11 is 6.13. The van der Waals surface area contributed by atoms with Crippen LogP contribution in [0.15, 0.2) is 96.8 Å². The molecular formula is C28H24ClN3O6. The van der Waals surface area contributed by atoms with Gasteiger partial charge >= 0.3 is 12.2 Å². The quantitative estimate of drug-likeness (QED) is 0.265. The summed E-state index contributed by atoms with van der Waals surface area (Å²) in [5, 5.41) is 2.90. The minimum Gasteiger partial charge on any atom is -0.429 e. The minimum atomic E-state index is -0.970. The fraction of sp³-hybridized carbons (Fsp3) is 0.107. The lowest BCUT2D eigenvalue weighted by Gasteiger charge is -2.14. The number of ether oxygens (including phenoxy) is 3. The third-order valence-electron chi connectivity index (χ3n) is 5.42. The molecule has 4 rings (SSSR count). The summed E-state index contributed by atoms with van der Waals surface area (Å²) < 4.78 is 15.9. The van der Waals surface area contributed by atoms with Crippen molar-refractivity contribution in [1.82, 2.24) is 16.2 Å². The summed E-state index contributed by atoms with van der Waals surface area (Å²) in [5.74, 6) is -0.414. The van der Waals surface area contributed by atoms with Crippen LogP contribution in [0.5, 0.6) is 5.75 Å². The van der Waals surface area contributed by atoms with Crippen molar-refractivity contribution in [2.45, 2.75) is 13.2 Å². The van der Waals surface area contributed by atoms with Crippen molar-refractivity contribution in [3.05, 3.63) is 118 Å². The van der Waals surface area contributed by atoms with Crippen molar-refractivity contribution in [3.63, 3.8) is 0 Å². The van der Waals surface area contributed by atoms with Crippen LogP contribution in [0.4, 0.5) is 9.59 Å². The Kier molecular flexibility index (Phi) is 8.76. The molecule has 1 aliphatic heterocycles. The van der Waals surface area contributed by atoms with E-state index in [1.54, 1.807) is 24.3 Å². The maximum Gasteiger partial charge on any atom is 0.513 e. The maximum absolute atomic E-state index is 12.6. The molecule has 3 aromatic rings. The van der Waals surface area contributed by atoms with Crippen LogP contribution in [0.1, 0.15) is 16.7 Å². The van der Waals surface area contributed by atoms with Gasteiger partial charge in [0.15, 0.2) is 0 Å². The molecule has 3 aromatic carbocycles. The summed E-state index contributed by atoms with van der Waals surface area (Å²) in [7, 11) is 0. The molecule has 0 aromatic heterocycles. The van der Waals surface area contributed by atoms with Crippen molar-refractivity contribution in [3.8, 4) is 5.75 Å². The number of nitrogens with one attached hydrogen (secondary N) is 3. The second-order valence-corrected chi connectivity index (χ2v) is 8.52. The molecule has 10 heteroatoms. The molecule has 9 nitrogen and oxygen atoms in total. The third kappa shape index (κ3) is 7.00. The molecular weight excluding hydrogens is 510 g/mol. The summed E-state index contributed by atoms with van der Waals surface area (Å²) in [6.07, 6.45) is -1.77. The lowest BCUT2D eigenvalue weighted by molar-refractivity contribution is -0.116. The number of hydrogen-bond donors (Lipinski definition) is 3. The van der Waals surface area contributed by atoms with Gasteiger partial charge in [0.05, 0.1) is 12.1 Å². The zero-order valence-corrected chi connectivity index (χ0v) is 20.9. The van der Waals surface area contributed by atoms with Gasteiger partial charge in [-0.05, 0) is 28.8 Å². The van der Waals surface area contributed by atoms with Gasteiger partial charge in [-0.3, -0.25) is 10.2 Å². The standard InChI is InChI=1S/C28H24ClN3O6/c1-18(25-24(16-30-26(25)33)38-28(35)36-17-20-10-6-3-7-11-20)22-13-12-21(29)14-23(22)37-27(34)32-31-15-19-8-4-2-5-9-19/h2-14,31H,1,15-17H2,(H,30,33)(H,32,34). The molecule has 0 saturated heterocycles. The fourth-order valence-corrected chi connectivity index (χ4v) is 3.77. The van der Waals surface area contributed by atoms with E-state index in [4.69, 9.17) is 25.8 Å². The first-order chi connectivity index (χ1) is 18.4. The van der Waals surface area contributed by atoms with Crippen LogP contribution in [0.3, 0.4) is 0 Å². The van der Waals surface area contributed by atoms with E-state index in [-0.39, 0.29) is 35.8 Å². The molecule has 3 N–H and O–H groups in total. The summed E-state index contributed by atoms with van der Waals surface area (Å²) in [6.45, 7) is 4.33. The van der Waals surface area contributed by atoms with Crippen LogP contribution >= 0.6 is 11.6 Å². The molecule has 1 heterocycles. The van der Waals surface area contributed by atoms with Gasteiger partial charge < -0.3 is 19.5 Å². The summed E-state index contributed by atoms with van der Waals surface area (Å²) in [6, 6.07) is 23.1. The van der Waals surface area contributed by atoms with Crippen LogP contribution in [0, 0.1) is 0 Å². The molecule has 0 atom stereocenters. The topological polar surface area (TPSA) is 115 Å². The van der Waals surface area contributed by atoms with Gasteiger partial charge in [0.1, 0.15) is 18.1 Å². The smallest absolute Gasteiger partial charge is 0.429 e. The van der Waals surface area contributed by atoms with Crippen molar-refractivity contribution in [2.75, 3.05) is 6.54 Å². The van der Waals surface area contributed by atoms with Crippen molar-refractivity contribution in [1.29, 1.82) is 0 Å². The molecule has 194 valence electrons. The first kappa shape index (κ1) is 26.5. The van der Waals surface area contributed by atoms with E-state index in [1.165, 1.54) is 6.07 Å². The molecule has 0 saturated carbocycles. The Morgan fingerprint density at radius 1 is 0.947 bits per heavy atom. The van der Waals surface area contributed by atoms with E-state index in [2.05, 4.69) is 22.7 Å². The third-order valence-corrected chi connectivity index (χ3v) is 5.66. The number of halogens is 1. The Labute approximate surface area is 224 Å². The van der Waals surface area contributed by atoms with Crippen LogP contribution in [-0.2, 0) is 27.4 Å². The number of hydrazine groups is 1. The average molecular weight is 534 g/mol. The number of rotatable bonds is 9. The van der Waals surface area contributed by atoms with Crippen molar-refractivity contribution >= 4 is 35.3 Å². The second kappa shape index (κ2) is 12.6. The number of carbonyl (C=O) groups excluding carboxylic acids is 3. The largest absolute Gasteiger partial charge is 0.513 e. The van der Waals surface area contributed by atoms with E-state index < -0.39 is 18.2 Å². The Balaban J connectivity index is 1.44. The molecule has 0 aliphatic carbocycles. The Bertz CT molecular complexity index is 1380. The first-order valence-electron chi connectivity index (χ1n) is 11.5. The van der Waals surface area contributed by atoms with Gasteiger partial charge in [-0.2, -0.15) is 0 Å². The van der Waals surface area contributed by atoms with Gasteiger partial charge in [-0.25, -0.2) is 15.0 Å². The Morgan fingerprint density at radius 3 is 2.34 bits per heavy atom. The predicted octanol–water partition coefficient (Wildman–Crippen LogP) is 4.88. The highest BCUT2D eigenvalue weighted by molar-refractivity contribution is 6.30. The molecule has 38 heavy (non-hydrogen) atoms. The molecule has 0 bridgehead atoms. The molecule has 2 amide bonds. The molecule has 0 spiro atoms. The minimum absolute atomic E-state index is 0.00714. The van der Waals surface area contributed by atoms with Gasteiger partial charge in [-0.1, -0.05) is 78.8 Å². The van der Waals surface area contributed by atoms with Crippen LogP contribution < -0.4 is 20.9 Å². The molecule has 1 aliphatic rings. The number of carbonyl (C=O) groups is 3. The van der Waals surface area contributed by atoms with E-state index in [0.29, 0.717) is 17.1 Å². The van der Waals surface area contributed by atoms with E-state index in [1.807, 2.05) is 48.5 Å². The van der Waals surface area contributed by atoms with Gasteiger partial charge in [-0.15, -0.1) is 0 Å². The van der Waals surface area contributed by atoms with E-state index in [9.17, 15) is 14.4 Å². The monoisotopic (exact) mass is 533 g/mol. The van der Waals surface area contributed by atoms with E-state index >= 15 is 0 Å². The highest BCUT2D eigenvalue weighted by Crippen LogP contribution is 2.35. The lowest BCUT2D eigenvalue weighted by Crippen LogP contribution is -2.38. The van der Waals surface area contributed by atoms with Gasteiger partial charge in [0.25, 0.3) is 5.91 Å². The predicted molar refractivity (Wildman–Crippen MR) is 141 cm³/mol. The summed E-state index contributed by atoms with van der Waals surface area (Å²) in [5.41, 5.74) is 7.46. The SMILES string of the molecule is C=C(C1=C(OC(=O)OCc2ccccc2)CNC1=O)c1ccc(Cl)cc1OC(=O)NNCc1ccccc1. The van der Waals surface area contributed by atoms with Gasteiger partial charge in [0, 0.05) is 23.2 Å². The maximum atomic E-state index is 12.6. The Hall–Kier alpha value is -4.60. The normalized spacial score (nSPS) is 12.5. The first-order valence-corrected chi connectivity index (χ1v) is 11.9. The zero-order valence-electron chi connectivity index (χ0n) is 20.2. The van der Waals surface area contributed by atoms with Crippen molar-refractivity contribution < 1.29 is 28.6 Å². The summed E-state index contributed by atoms with van der Waals surface area (Å²) in [4.78, 5) is 37.3. The fourth-order valence-electron chi connectivity index (χ4n) is 3.61. The number of benzene rings is 3. The van der Waals surface area contributed by atoms with E-state index in [0.717, 1.165) is 11.1 Å². The van der Waals surface area contributed by atoms with Crippen LogP contribution in [0.2, 0.25) is 5.02 Å². The molecule has 0 radical (unpaired) electrons. The van der Waals surface area contributed by atoms with Crippen LogP contribution in [0.25, 0.3) is 5.57 Å². The Morgan fingerprint density at radius 2 is 1.63 bits per heavy atom. The number of amides is 2. The number of hydrogen-bond acceptors (Lipinski definition) is 7. The lowest BCUT2D eigenvalue weighted by atomic mass is 9.98. The zero-order chi connectivity index (χ0) is 26.9. The molecule has 0 fully saturated rings.